The third-order valence-electron chi connectivity index (χ3n) is 8.73. The number of methoxy groups -OCH3 is 1. The number of benzene rings is 2. The van der Waals surface area contributed by atoms with Crippen LogP contribution in [0.2, 0.25) is 0 Å². The van der Waals surface area contributed by atoms with Crippen LogP contribution in [0.3, 0.4) is 0 Å². The van der Waals surface area contributed by atoms with E-state index in [1.165, 1.54) is 16.8 Å². The number of fused-ring (bicyclic) bond motifs is 1. The summed E-state index contributed by atoms with van der Waals surface area (Å²) < 4.78 is 5.54. The lowest BCUT2D eigenvalue weighted by molar-refractivity contribution is -0.124. The number of carbonyl (C=O) groups is 1. The fraction of sp³-hybridized carbons (Fsp3) is 0.567. The third-order valence-corrected chi connectivity index (χ3v) is 8.73. The van der Waals surface area contributed by atoms with E-state index in [-0.39, 0.29) is 23.5 Å². The molecule has 0 unspecified atom stereocenters. The highest BCUT2D eigenvalue weighted by Crippen LogP contribution is 2.47. The van der Waals surface area contributed by atoms with Crippen LogP contribution in [-0.4, -0.2) is 59.8 Å². The average molecular weight is 492 g/mol. The first-order chi connectivity index (χ1) is 17.3. The van der Waals surface area contributed by atoms with Gasteiger partial charge in [0.25, 0.3) is 0 Å². The molecule has 3 heterocycles. The van der Waals surface area contributed by atoms with Gasteiger partial charge in [-0.3, -0.25) is 9.69 Å². The van der Waals surface area contributed by atoms with E-state index in [0.29, 0.717) is 13.0 Å². The van der Waals surface area contributed by atoms with Crippen molar-refractivity contribution in [2.75, 3.05) is 31.6 Å². The van der Waals surface area contributed by atoms with Gasteiger partial charge in [-0.1, -0.05) is 30.7 Å². The van der Waals surface area contributed by atoms with Crippen LogP contribution in [0.5, 0.6) is 5.75 Å². The number of piperidine rings is 1. The Bertz CT molecular complexity index is 1080. The molecule has 1 amide bonds. The molecule has 2 aromatic rings. The summed E-state index contributed by atoms with van der Waals surface area (Å²) in [6, 6.07) is 17.2. The van der Waals surface area contributed by atoms with E-state index in [1.54, 1.807) is 7.11 Å². The zero-order chi connectivity index (χ0) is 25.3. The summed E-state index contributed by atoms with van der Waals surface area (Å²) in [6.45, 7) is 6.64. The summed E-state index contributed by atoms with van der Waals surface area (Å²) in [4.78, 5) is 17.6. The highest BCUT2D eigenvalue weighted by Gasteiger charge is 2.52. The van der Waals surface area contributed by atoms with Crippen molar-refractivity contribution in [3.8, 4) is 5.75 Å². The molecule has 36 heavy (non-hydrogen) atoms. The van der Waals surface area contributed by atoms with Gasteiger partial charge in [0.1, 0.15) is 5.75 Å². The zero-order valence-corrected chi connectivity index (χ0v) is 22.0. The van der Waals surface area contributed by atoms with Crippen molar-refractivity contribution in [2.45, 2.75) is 82.0 Å². The van der Waals surface area contributed by atoms with Gasteiger partial charge in [-0.25, -0.2) is 0 Å². The number of ether oxygens (including phenoxy) is 1. The van der Waals surface area contributed by atoms with Gasteiger partial charge < -0.3 is 20.1 Å². The molecule has 0 bridgehead atoms. The van der Waals surface area contributed by atoms with Crippen molar-refractivity contribution < 1.29 is 14.6 Å². The average Bonchev–Trinajstić information content (AvgIpc) is 3.11. The monoisotopic (exact) mass is 491 g/mol. The van der Waals surface area contributed by atoms with Crippen LogP contribution >= 0.6 is 0 Å². The van der Waals surface area contributed by atoms with E-state index in [2.05, 4.69) is 65.4 Å². The molecule has 6 nitrogen and oxygen atoms in total. The van der Waals surface area contributed by atoms with Gasteiger partial charge in [0.2, 0.25) is 5.91 Å². The summed E-state index contributed by atoms with van der Waals surface area (Å²) in [6.07, 6.45) is 5.90. The van der Waals surface area contributed by atoms with Crippen molar-refractivity contribution in [1.82, 2.24) is 10.2 Å². The number of likely N-dealkylation sites (tertiary alicyclic amines) is 1. The number of carbonyl (C=O) groups excluding carboxylic acids is 1. The highest BCUT2D eigenvalue weighted by atomic mass is 16.5. The highest BCUT2D eigenvalue weighted by molar-refractivity contribution is 5.77. The molecule has 3 aliphatic rings. The predicted octanol–water partition coefficient (Wildman–Crippen LogP) is 4.60. The molecule has 3 atom stereocenters. The second-order valence-corrected chi connectivity index (χ2v) is 11.4. The molecule has 0 aromatic heterocycles. The molecule has 3 aliphatic heterocycles. The van der Waals surface area contributed by atoms with Crippen LogP contribution < -0.4 is 15.0 Å². The first-order valence-corrected chi connectivity index (χ1v) is 13.5. The number of rotatable bonds is 5. The Morgan fingerprint density at radius 2 is 1.89 bits per heavy atom. The number of amides is 1. The maximum Gasteiger partial charge on any atom is 0.220 e. The molecule has 3 saturated heterocycles. The summed E-state index contributed by atoms with van der Waals surface area (Å²) in [5.74, 6) is 0.995. The molecule has 0 spiro atoms. The van der Waals surface area contributed by atoms with E-state index in [4.69, 9.17) is 4.74 Å². The minimum atomic E-state index is -0.755. The molecule has 2 N–H and O–H groups in total. The molecule has 5 rings (SSSR count). The molecule has 0 aliphatic carbocycles. The minimum absolute atomic E-state index is 0.118. The molecule has 6 heteroatoms. The molecule has 0 saturated carbocycles. The lowest BCUT2D eigenvalue weighted by Gasteiger charge is -2.45. The summed E-state index contributed by atoms with van der Waals surface area (Å²) in [7, 11) is 1.70. The van der Waals surface area contributed by atoms with Crippen LogP contribution in [0.1, 0.15) is 69.0 Å². The van der Waals surface area contributed by atoms with Crippen LogP contribution in [0, 0.1) is 6.92 Å². The number of β-amino-alcohol motifs (C(OH)–C–C–N with tert-alkyl or cyclic N) is 1. The fourth-order valence-corrected chi connectivity index (χ4v) is 6.74. The Morgan fingerprint density at radius 1 is 1.11 bits per heavy atom. The van der Waals surface area contributed by atoms with E-state index in [0.717, 1.165) is 57.4 Å². The minimum Gasteiger partial charge on any atom is -0.497 e. The third kappa shape index (κ3) is 5.12. The van der Waals surface area contributed by atoms with Crippen molar-refractivity contribution >= 4 is 11.6 Å². The molecular weight excluding hydrogens is 450 g/mol. The van der Waals surface area contributed by atoms with E-state index >= 15 is 0 Å². The van der Waals surface area contributed by atoms with E-state index in [9.17, 15) is 9.90 Å². The van der Waals surface area contributed by atoms with Crippen LogP contribution in [0.4, 0.5) is 5.69 Å². The fourth-order valence-electron chi connectivity index (χ4n) is 6.74. The van der Waals surface area contributed by atoms with Gasteiger partial charge in [-0.05, 0) is 81.3 Å². The second kappa shape index (κ2) is 10.1. The quantitative estimate of drug-likeness (QED) is 0.640. The Labute approximate surface area is 215 Å². The van der Waals surface area contributed by atoms with Crippen LogP contribution in [0.15, 0.2) is 48.5 Å². The van der Waals surface area contributed by atoms with Gasteiger partial charge in [-0.2, -0.15) is 0 Å². The Balaban J connectivity index is 1.40. The van der Waals surface area contributed by atoms with Gasteiger partial charge in [0.05, 0.1) is 18.2 Å². The van der Waals surface area contributed by atoms with E-state index < -0.39 is 5.60 Å². The summed E-state index contributed by atoms with van der Waals surface area (Å²) >= 11 is 0. The normalized spacial score (nSPS) is 28.7. The number of nitrogens with one attached hydrogen (secondary N) is 1. The second-order valence-electron chi connectivity index (χ2n) is 11.4. The maximum absolute atomic E-state index is 12.7. The molecule has 194 valence electrons. The van der Waals surface area contributed by atoms with Crippen LogP contribution in [0.25, 0.3) is 0 Å². The van der Waals surface area contributed by atoms with Gasteiger partial charge in [0, 0.05) is 43.8 Å². The summed E-state index contributed by atoms with van der Waals surface area (Å²) in [5, 5.41) is 15.3. The smallest absolute Gasteiger partial charge is 0.220 e. The number of hydrogen-bond donors (Lipinski definition) is 2. The number of aryl methyl sites for hydroxylation is 1. The van der Waals surface area contributed by atoms with Gasteiger partial charge in [0.15, 0.2) is 0 Å². The Kier molecular flexibility index (Phi) is 7.01. The standard InChI is InChI=1S/C30H41N3O3/c1-22-8-6-10-24(18-22)32-16-14-30(35,15-17-32)21-33-26(23-9-7-11-25(19-23)36-3)20-29(2)27(33)12-4-5-13-28(34)31-29/h6-11,18-19,26-27,35H,4-5,12-17,20-21H2,1-3H3,(H,31,34)/t26-,27-,29-/m0/s1. The topological polar surface area (TPSA) is 65.0 Å². The number of nitrogens with zero attached hydrogens (tertiary/aromatic N) is 2. The summed E-state index contributed by atoms with van der Waals surface area (Å²) in [5.41, 5.74) is 2.62. The lowest BCUT2D eigenvalue weighted by Crippen LogP contribution is -2.58. The molecule has 3 fully saturated rings. The molecular formula is C30H41N3O3. The van der Waals surface area contributed by atoms with Crippen molar-refractivity contribution in [2.24, 2.45) is 0 Å². The van der Waals surface area contributed by atoms with Crippen molar-refractivity contribution in [3.05, 3.63) is 59.7 Å². The number of anilines is 1. The Hall–Kier alpha value is -2.57. The Morgan fingerprint density at radius 3 is 2.64 bits per heavy atom. The molecule has 2 aromatic carbocycles. The molecule has 0 radical (unpaired) electrons. The first-order valence-electron chi connectivity index (χ1n) is 13.5. The van der Waals surface area contributed by atoms with E-state index in [1.807, 2.05) is 12.1 Å². The largest absolute Gasteiger partial charge is 0.497 e. The SMILES string of the molecule is COc1cccc([C@@H]2C[C@]3(C)NC(=O)CCCC[C@@H]3N2CC2(O)CCN(c3cccc(C)c3)CC2)c1. The predicted molar refractivity (Wildman–Crippen MR) is 143 cm³/mol. The van der Waals surface area contributed by atoms with Gasteiger partial charge in [-0.15, -0.1) is 0 Å². The number of aliphatic hydroxyl groups is 1. The van der Waals surface area contributed by atoms with Crippen LogP contribution in [-0.2, 0) is 4.79 Å². The van der Waals surface area contributed by atoms with Gasteiger partial charge >= 0.3 is 0 Å². The van der Waals surface area contributed by atoms with Crippen molar-refractivity contribution in [3.63, 3.8) is 0 Å². The number of hydrogen-bond acceptors (Lipinski definition) is 5. The zero-order valence-electron chi connectivity index (χ0n) is 22.0. The first kappa shape index (κ1) is 25.1. The van der Waals surface area contributed by atoms with Crippen molar-refractivity contribution in [1.29, 1.82) is 0 Å². The maximum atomic E-state index is 12.7. The lowest BCUT2D eigenvalue weighted by atomic mass is 9.85.